The zero-order valence-electron chi connectivity index (χ0n) is 11.0. The molecule has 1 aromatic heterocycles. The molecule has 1 N–H and O–H groups in total. The number of benzene rings is 1. The Labute approximate surface area is 112 Å². The van der Waals surface area contributed by atoms with Gasteiger partial charge >= 0.3 is 5.97 Å². The molecule has 1 aromatic carbocycles. The molecule has 4 nitrogen and oxygen atoms in total. The smallest absolute Gasteiger partial charge is 0.313 e. The van der Waals surface area contributed by atoms with Crippen molar-refractivity contribution in [3.8, 4) is 0 Å². The highest BCUT2D eigenvalue weighted by Crippen LogP contribution is 2.20. The van der Waals surface area contributed by atoms with Gasteiger partial charge in [-0.1, -0.05) is 29.8 Å². The number of nitrogens with zero attached hydrogens (tertiary/aromatic N) is 2. The molecule has 98 valence electrons. The Hall–Kier alpha value is -2.23. The number of aliphatic carboxylic acids is 1. The van der Waals surface area contributed by atoms with Crippen LogP contribution in [-0.2, 0) is 11.2 Å². The first-order valence-corrected chi connectivity index (χ1v) is 6.14. The van der Waals surface area contributed by atoms with Crippen LogP contribution in [0.25, 0.3) is 0 Å². The van der Waals surface area contributed by atoms with E-state index < -0.39 is 11.9 Å². The Bertz CT molecular complexity index is 579. The van der Waals surface area contributed by atoms with Crippen LogP contribution in [0.2, 0.25) is 0 Å². The molecule has 0 saturated carbocycles. The average molecular weight is 256 g/mol. The van der Waals surface area contributed by atoms with Gasteiger partial charge in [0.25, 0.3) is 0 Å². The van der Waals surface area contributed by atoms with Crippen molar-refractivity contribution in [2.45, 2.75) is 26.2 Å². The monoisotopic (exact) mass is 256 g/mol. The highest BCUT2D eigenvalue weighted by atomic mass is 16.4. The van der Waals surface area contributed by atoms with Gasteiger partial charge in [-0.3, -0.25) is 4.79 Å². The molecule has 2 rings (SSSR count). The second-order valence-corrected chi connectivity index (χ2v) is 4.74. The topological polar surface area (TPSA) is 63.1 Å². The average Bonchev–Trinajstić information content (AvgIpc) is 2.37. The summed E-state index contributed by atoms with van der Waals surface area (Å²) in [5.74, 6) is -1.53. The van der Waals surface area contributed by atoms with E-state index in [1.54, 1.807) is 12.3 Å². The lowest BCUT2D eigenvalue weighted by atomic mass is 9.95. The van der Waals surface area contributed by atoms with E-state index in [0.717, 1.165) is 16.7 Å². The van der Waals surface area contributed by atoms with Gasteiger partial charge in [-0.15, -0.1) is 0 Å². The van der Waals surface area contributed by atoms with E-state index in [4.69, 9.17) is 0 Å². The molecule has 19 heavy (non-hydrogen) atoms. The number of hydrogen-bond donors (Lipinski definition) is 1. The number of carbonyl (C=O) groups is 1. The number of carboxylic acids is 1. The van der Waals surface area contributed by atoms with Gasteiger partial charge in [-0.2, -0.15) is 10.2 Å². The van der Waals surface area contributed by atoms with Crippen molar-refractivity contribution in [3.63, 3.8) is 0 Å². The summed E-state index contributed by atoms with van der Waals surface area (Å²) in [6.45, 7) is 3.88. The van der Waals surface area contributed by atoms with E-state index in [0.29, 0.717) is 12.1 Å². The third-order valence-electron chi connectivity index (χ3n) is 3.03. The third kappa shape index (κ3) is 3.37. The zero-order valence-corrected chi connectivity index (χ0v) is 11.0. The number of rotatable bonds is 4. The van der Waals surface area contributed by atoms with Crippen LogP contribution in [0, 0.1) is 13.8 Å². The van der Waals surface area contributed by atoms with E-state index in [1.807, 2.05) is 38.1 Å². The minimum Gasteiger partial charge on any atom is -0.481 e. The summed E-state index contributed by atoms with van der Waals surface area (Å²) >= 11 is 0. The van der Waals surface area contributed by atoms with Gasteiger partial charge in [-0.25, -0.2) is 0 Å². The molecule has 0 bridgehead atoms. The third-order valence-corrected chi connectivity index (χ3v) is 3.03. The Balaban J connectivity index is 2.26. The molecule has 1 atom stereocenters. The molecule has 0 saturated heterocycles. The van der Waals surface area contributed by atoms with Crippen LogP contribution in [0.4, 0.5) is 0 Å². The summed E-state index contributed by atoms with van der Waals surface area (Å²) in [7, 11) is 0. The van der Waals surface area contributed by atoms with Crippen LogP contribution < -0.4 is 0 Å². The lowest BCUT2D eigenvalue weighted by molar-refractivity contribution is -0.138. The largest absolute Gasteiger partial charge is 0.481 e. The van der Waals surface area contributed by atoms with E-state index >= 15 is 0 Å². The standard InChI is InChI=1S/C15H16N2O2/c1-10-3-5-12(6-4-10)8-13(15(18)19)14-7-11(2)9-16-17-14/h3-7,9,13H,8H2,1-2H3,(H,18,19). The van der Waals surface area contributed by atoms with Crippen LogP contribution in [0.1, 0.15) is 28.3 Å². The quantitative estimate of drug-likeness (QED) is 0.913. The van der Waals surface area contributed by atoms with Crippen molar-refractivity contribution >= 4 is 5.97 Å². The highest BCUT2D eigenvalue weighted by Gasteiger charge is 2.22. The maximum absolute atomic E-state index is 11.4. The minimum atomic E-state index is -0.875. The fourth-order valence-corrected chi connectivity index (χ4v) is 1.93. The predicted molar refractivity (Wildman–Crippen MR) is 72.0 cm³/mol. The van der Waals surface area contributed by atoms with Crippen molar-refractivity contribution in [2.24, 2.45) is 0 Å². The molecular weight excluding hydrogens is 240 g/mol. The summed E-state index contributed by atoms with van der Waals surface area (Å²) in [5.41, 5.74) is 3.57. The summed E-state index contributed by atoms with van der Waals surface area (Å²) in [5, 5.41) is 17.1. The molecule has 0 radical (unpaired) electrons. The molecule has 4 heteroatoms. The van der Waals surface area contributed by atoms with Gasteiger partial charge in [0.15, 0.2) is 0 Å². The van der Waals surface area contributed by atoms with Crippen molar-refractivity contribution in [1.82, 2.24) is 10.2 Å². The first-order chi connectivity index (χ1) is 9.06. The Morgan fingerprint density at radius 3 is 2.47 bits per heavy atom. The van der Waals surface area contributed by atoms with E-state index in [1.165, 1.54) is 0 Å². The lowest BCUT2D eigenvalue weighted by Gasteiger charge is -2.12. The SMILES string of the molecule is Cc1ccc(CC(C(=O)O)c2cc(C)cnn2)cc1. The van der Waals surface area contributed by atoms with Gasteiger partial charge in [0, 0.05) is 0 Å². The number of aromatic nitrogens is 2. The molecule has 0 aliphatic heterocycles. The second-order valence-electron chi connectivity index (χ2n) is 4.74. The first-order valence-electron chi connectivity index (χ1n) is 6.14. The van der Waals surface area contributed by atoms with Gasteiger partial charge in [0.1, 0.15) is 5.92 Å². The van der Waals surface area contributed by atoms with Crippen molar-refractivity contribution in [2.75, 3.05) is 0 Å². The number of carboxylic acid groups (broad SMARTS) is 1. The molecular formula is C15H16N2O2. The van der Waals surface area contributed by atoms with Gasteiger partial charge in [0.2, 0.25) is 0 Å². The molecule has 0 aliphatic carbocycles. The predicted octanol–water partition coefficient (Wildman–Crippen LogP) is 2.50. The fourth-order valence-electron chi connectivity index (χ4n) is 1.93. The normalized spacial score (nSPS) is 12.1. The van der Waals surface area contributed by atoms with Crippen LogP contribution in [0.3, 0.4) is 0 Å². The number of aryl methyl sites for hydroxylation is 2. The molecule has 0 amide bonds. The molecule has 1 heterocycles. The summed E-state index contributed by atoms with van der Waals surface area (Å²) in [6, 6.07) is 9.65. The van der Waals surface area contributed by atoms with Gasteiger partial charge < -0.3 is 5.11 Å². The van der Waals surface area contributed by atoms with E-state index in [-0.39, 0.29) is 0 Å². The van der Waals surface area contributed by atoms with Crippen LogP contribution in [0.15, 0.2) is 36.5 Å². The van der Waals surface area contributed by atoms with Crippen LogP contribution >= 0.6 is 0 Å². The maximum atomic E-state index is 11.4. The Kier molecular flexibility index (Phi) is 3.90. The first kappa shape index (κ1) is 13.2. The summed E-state index contributed by atoms with van der Waals surface area (Å²) in [4.78, 5) is 11.4. The van der Waals surface area contributed by atoms with Crippen molar-refractivity contribution in [3.05, 3.63) is 58.9 Å². The summed E-state index contributed by atoms with van der Waals surface area (Å²) < 4.78 is 0. The van der Waals surface area contributed by atoms with Crippen LogP contribution in [-0.4, -0.2) is 21.3 Å². The van der Waals surface area contributed by atoms with Gasteiger partial charge in [0.05, 0.1) is 11.9 Å². The Morgan fingerprint density at radius 1 is 1.21 bits per heavy atom. The zero-order chi connectivity index (χ0) is 13.8. The lowest BCUT2D eigenvalue weighted by Crippen LogP contribution is -2.16. The number of hydrogen-bond acceptors (Lipinski definition) is 3. The minimum absolute atomic E-state index is 0.424. The van der Waals surface area contributed by atoms with Crippen molar-refractivity contribution in [1.29, 1.82) is 0 Å². The van der Waals surface area contributed by atoms with Crippen LogP contribution in [0.5, 0.6) is 0 Å². The maximum Gasteiger partial charge on any atom is 0.313 e. The fraction of sp³-hybridized carbons (Fsp3) is 0.267. The van der Waals surface area contributed by atoms with E-state index in [2.05, 4.69) is 10.2 Å². The molecule has 0 spiro atoms. The molecule has 0 fully saturated rings. The highest BCUT2D eigenvalue weighted by molar-refractivity contribution is 5.75. The van der Waals surface area contributed by atoms with Gasteiger partial charge in [-0.05, 0) is 37.5 Å². The molecule has 2 aromatic rings. The molecule has 0 aliphatic rings. The van der Waals surface area contributed by atoms with Crippen molar-refractivity contribution < 1.29 is 9.90 Å². The van der Waals surface area contributed by atoms with E-state index in [9.17, 15) is 9.90 Å². The second kappa shape index (κ2) is 5.61. The molecule has 1 unspecified atom stereocenters. The Morgan fingerprint density at radius 2 is 1.89 bits per heavy atom. The summed E-state index contributed by atoms with van der Waals surface area (Å²) in [6.07, 6.45) is 2.04.